The van der Waals surface area contributed by atoms with Gasteiger partial charge in [-0.15, -0.1) is 0 Å². The first-order valence-corrected chi connectivity index (χ1v) is 5.89. The third-order valence-corrected chi connectivity index (χ3v) is 2.62. The van der Waals surface area contributed by atoms with E-state index in [1.54, 1.807) is 19.2 Å². The monoisotopic (exact) mass is 292 g/mol. The highest BCUT2D eigenvalue weighted by Crippen LogP contribution is 2.24. The molecule has 0 unspecified atom stereocenters. The van der Waals surface area contributed by atoms with Crippen LogP contribution in [0.4, 0.5) is 11.5 Å². The summed E-state index contributed by atoms with van der Waals surface area (Å²) in [6, 6.07) is 4.07. The maximum atomic E-state index is 12.0. The molecule has 8 heteroatoms. The third kappa shape index (κ3) is 3.07. The molecule has 0 aliphatic heterocycles. The van der Waals surface area contributed by atoms with Gasteiger partial charge in [-0.25, -0.2) is 4.98 Å². The van der Waals surface area contributed by atoms with E-state index in [4.69, 9.17) is 11.6 Å². The Morgan fingerprint density at radius 2 is 2.15 bits per heavy atom. The van der Waals surface area contributed by atoms with Crippen molar-refractivity contribution in [2.75, 3.05) is 5.32 Å². The van der Waals surface area contributed by atoms with Crippen molar-refractivity contribution >= 4 is 29.0 Å². The minimum Gasteiger partial charge on any atom is -0.301 e. The summed E-state index contributed by atoms with van der Waals surface area (Å²) in [5, 5.41) is 13.3. The average Bonchev–Trinajstić information content (AvgIpc) is 2.38. The first-order chi connectivity index (χ1) is 9.47. The molecule has 0 radical (unpaired) electrons. The Balaban J connectivity index is 2.32. The van der Waals surface area contributed by atoms with E-state index in [2.05, 4.69) is 15.3 Å². The second-order valence-corrected chi connectivity index (χ2v) is 4.35. The van der Waals surface area contributed by atoms with E-state index in [-0.39, 0.29) is 22.2 Å². The molecule has 20 heavy (non-hydrogen) atoms. The van der Waals surface area contributed by atoms with Crippen LogP contribution < -0.4 is 5.32 Å². The molecular formula is C12H9ClN4O3. The summed E-state index contributed by atoms with van der Waals surface area (Å²) in [5.41, 5.74) is 0.746. The molecule has 2 aromatic rings. The highest BCUT2D eigenvalue weighted by Gasteiger charge is 2.18. The van der Waals surface area contributed by atoms with Gasteiger partial charge in [-0.1, -0.05) is 11.6 Å². The predicted octanol–water partition coefficient (Wildman–Crippen LogP) is 2.60. The fraction of sp³-hybridized carbons (Fsp3) is 0.0833. The maximum absolute atomic E-state index is 12.0. The van der Waals surface area contributed by atoms with Gasteiger partial charge in [-0.3, -0.25) is 19.9 Å². The number of nitrogens with one attached hydrogen (secondary N) is 1. The van der Waals surface area contributed by atoms with E-state index in [0.29, 0.717) is 0 Å². The van der Waals surface area contributed by atoms with Gasteiger partial charge in [0, 0.05) is 18.5 Å². The van der Waals surface area contributed by atoms with Crippen LogP contribution in [0.25, 0.3) is 0 Å². The third-order valence-electron chi connectivity index (χ3n) is 2.41. The molecule has 7 nitrogen and oxygen atoms in total. The number of carbonyl (C=O) groups is 1. The SMILES string of the molecule is Cc1cncc(C(=O)Nc2nc(Cl)ccc2[N+](=O)[O-])c1. The molecule has 0 saturated carbocycles. The molecule has 2 heterocycles. The number of aryl methyl sites for hydroxylation is 1. The number of carbonyl (C=O) groups excluding carboxylic acids is 1. The lowest BCUT2D eigenvalue weighted by atomic mass is 10.2. The molecule has 0 bridgehead atoms. The normalized spacial score (nSPS) is 10.1. The van der Waals surface area contributed by atoms with Crippen molar-refractivity contribution in [3.63, 3.8) is 0 Å². The summed E-state index contributed by atoms with van der Waals surface area (Å²) >= 11 is 5.68. The highest BCUT2D eigenvalue weighted by molar-refractivity contribution is 6.29. The first kappa shape index (κ1) is 13.9. The number of nitrogens with zero attached hydrogens (tertiary/aromatic N) is 3. The Hall–Kier alpha value is -2.54. The Morgan fingerprint density at radius 1 is 1.40 bits per heavy atom. The van der Waals surface area contributed by atoms with Crippen molar-refractivity contribution < 1.29 is 9.72 Å². The Morgan fingerprint density at radius 3 is 2.80 bits per heavy atom. The number of anilines is 1. The summed E-state index contributed by atoms with van der Waals surface area (Å²) in [4.78, 5) is 29.8. The lowest BCUT2D eigenvalue weighted by Crippen LogP contribution is -2.14. The number of amides is 1. The van der Waals surface area contributed by atoms with Crippen molar-refractivity contribution in [2.45, 2.75) is 6.92 Å². The first-order valence-electron chi connectivity index (χ1n) is 5.51. The second-order valence-electron chi connectivity index (χ2n) is 3.96. The van der Waals surface area contributed by atoms with Gasteiger partial charge >= 0.3 is 5.69 Å². The summed E-state index contributed by atoms with van der Waals surface area (Å²) in [6.07, 6.45) is 2.95. The van der Waals surface area contributed by atoms with Gasteiger partial charge in [0.25, 0.3) is 5.91 Å². The predicted molar refractivity (Wildman–Crippen MR) is 72.8 cm³/mol. The molecular weight excluding hydrogens is 284 g/mol. The Kier molecular flexibility index (Phi) is 3.90. The van der Waals surface area contributed by atoms with Crippen LogP contribution in [0.3, 0.4) is 0 Å². The number of halogens is 1. The zero-order valence-corrected chi connectivity index (χ0v) is 11.1. The molecule has 0 saturated heterocycles. The van der Waals surface area contributed by atoms with E-state index in [1.807, 2.05) is 0 Å². The minimum absolute atomic E-state index is 0.0493. The van der Waals surface area contributed by atoms with Crippen molar-refractivity contribution in [1.82, 2.24) is 9.97 Å². The standard InChI is InChI=1S/C12H9ClN4O3/c1-7-4-8(6-14-5-7)12(18)16-11-9(17(19)20)2-3-10(13)15-11/h2-6H,1H3,(H,15,16,18). The molecule has 0 atom stereocenters. The number of aromatic nitrogens is 2. The zero-order valence-electron chi connectivity index (χ0n) is 10.3. The maximum Gasteiger partial charge on any atom is 0.311 e. The molecule has 0 aliphatic rings. The largest absolute Gasteiger partial charge is 0.311 e. The van der Waals surface area contributed by atoms with Crippen LogP contribution in [0.1, 0.15) is 15.9 Å². The van der Waals surface area contributed by atoms with E-state index in [0.717, 1.165) is 5.56 Å². The Labute approximate surface area is 118 Å². The summed E-state index contributed by atoms with van der Waals surface area (Å²) in [6.45, 7) is 1.78. The molecule has 2 rings (SSSR count). The van der Waals surface area contributed by atoms with Crippen molar-refractivity contribution in [3.05, 3.63) is 57.0 Å². The zero-order chi connectivity index (χ0) is 14.7. The van der Waals surface area contributed by atoms with Crippen LogP contribution in [-0.4, -0.2) is 20.8 Å². The number of hydrogen-bond acceptors (Lipinski definition) is 5. The number of hydrogen-bond donors (Lipinski definition) is 1. The molecule has 1 amide bonds. The molecule has 1 N–H and O–H groups in total. The molecule has 2 aromatic heterocycles. The van der Waals surface area contributed by atoms with Crippen molar-refractivity contribution in [2.24, 2.45) is 0 Å². The van der Waals surface area contributed by atoms with Crippen molar-refractivity contribution in [3.8, 4) is 0 Å². The van der Waals surface area contributed by atoms with E-state index < -0.39 is 10.8 Å². The number of pyridine rings is 2. The van der Waals surface area contributed by atoms with Crippen LogP contribution in [0.2, 0.25) is 5.15 Å². The van der Waals surface area contributed by atoms with E-state index >= 15 is 0 Å². The van der Waals surface area contributed by atoms with Gasteiger partial charge in [0.2, 0.25) is 5.82 Å². The number of rotatable bonds is 3. The minimum atomic E-state index is -0.645. The topological polar surface area (TPSA) is 98.0 Å². The Bertz CT molecular complexity index is 690. The second kappa shape index (κ2) is 5.62. The quantitative estimate of drug-likeness (QED) is 0.532. The lowest BCUT2D eigenvalue weighted by molar-refractivity contribution is -0.384. The summed E-state index contributed by atoms with van der Waals surface area (Å²) < 4.78 is 0. The van der Waals surface area contributed by atoms with Crippen molar-refractivity contribution in [1.29, 1.82) is 0 Å². The fourth-order valence-electron chi connectivity index (χ4n) is 1.53. The molecule has 0 fully saturated rings. The van der Waals surface area contributed by atoms with Gasteiger partial charge in [-0.2, -0.15) is 0 Å². The van der Waals surface area contributed by atoms with Crippen LogP contribution in [-0.2, 0) is 0 Å². The molecule has 0 aliphatic carbocycles. The van der Waals surface area contributed by atoms with E-state index in [1.165, 1.54) is 18.3 Å². The lowest BCUT2D eigenvalue weighted by Gasteiger charge is -2.05. The summed E-state index contributed by atoms with van der Waals surface area (Å²) in [7, 11) is 0. The van der Waals surface area contributed by atoms with Gasteiger partial charge < -0.3 is 5.32 Å². The molecule has 102 valence electrons. The van der Waals surface area contributed by atoms with Crippen LogP contribution in [0.5, 0.6) is 0 Å². The van der Waals surface area contributed by atoms with Crippen LogP contribution in [0, 0.1) is 17.0 Å². The van der Waals surface area contributed by atoms with Gasteiger partial charge in [0.1, 0.15) is 5.15 Å². The number of nitro groups is 1. The van der Waals surface area contributed by atoms with Gasteiger partial charge in [0.15, 0.2) is 0 Å². The smallest absolute Gasteiger partial charge is 0.301 e. The fourth-order valence-corrected chi connectivity index (χ4v) is 1.67. The average molecular weight is 293 g/mol. The molecule has 0 spiro atoms. The van der Waals surface area contributed by atoms with Crippen LogP contribution in [0.15, 0.2) is 30.6 Å². The highest BCUT2D eigenvalue weighted by atomic mass is 35.5. The van der Waals surface area contributed by atoms with Gasteiger partial charge in [-0.05, 0) is 24.6 Å². The molecule has 0 aromatic carbocycles. The van der Waals surface area contributed by atoms with E-state index in [9.17, 15) is 14.9 Å². The van der Waals surface area contributed by atoms with Crippen LogP contribution >= 0.6 is 11.6 Å². The van der Waals surface area contributed by atoms with Gasteiger partial charge in [0.05, 0.1) is 10.5 Å². The summed E-state index contributed by atoms with van der Waals surface area (Å²) in [5.74, 6) is -0.743.